The van der Waals surface area contributed by atoms with Gasteiger partial charge in [-0.2, -0.15) is 0 Å². The van der Waals surface area contributed by atoms with E-state index in [-0.39, 0.29) is 18.9 Å². The molecule has 7 heteroatoms. The van der Waals surface area contributed by atoms with E-state index in [1.807, 2.05) is 5.32 Å². The highest BCUT2D eigenvalue weighted by Crippen LogP contribution is 2.19. The van der Waals surface area contributed by atoms with E-state index >= 15 is 0 Å². The molecule has 0 bridgehead atoms. The summed E-state index contributed by atoms with van der Waals surface area (Å²) in [5.74, 6) is -5.52. The Morgan fingerprint density at radius 3 is 2.42 bits per heavy atom. The van der Waals surface area contributed by atoms with E-state index in [1.165, 1.54) is 0 Å². The highest BCUT2D eigenvalue weighted by Gasteiger charge is 2.15. The maximum Gasteiger partial charge on any atom is 0.243 e. The van der Waals surface area contributed by atoms with Crippen molar-refractivity contribution in [2.24, 2.45) is 0 Å². The molecule has 0 saturated heterocycles. The number of halogens is 3. The summed E-state index contributed by atoms with van der Waals surface area (Å²) >= 11 is 0. The normalized spacial score (nSPS) is 10.1. The molecule has 104 valence electrons. The van der Waals surface area contributed by atoms with E-state index in [2.05, 4.69) is 5.32 Å². The zero-order valence-electron chi connectivity index (χ0n) is 10.2. The van der Waals surface area contributed by atoms with Crippen LogP contribution in [0.4, 0.5) is 18.9 Å². The Morgan fingerprint density at radius 2 is 1.79 bits per heavy atom. The lowest BCUT2D eigenvalue weighted by molar-refractivity contribution is -0.124. The fraction of sp³-hybridized carbons (Fsp3) is 0.333. The fourth-order valence-corrected chi connectivity index (χ4v) is 1.31. The van der Waals surface area contributed by atoms with Gasteiger partial charge in [-0.1, -0.05) is 6.92 Å². The van der Waals surface area contributed by atoms with Crippen molar-refractivity contribution in [3.8, 4) is 0 Å². The maximum absolute atomic E-state index is 13.2. The third-order valence-corrected chi connectivity index (χ3v) is 2.23. The van der Waals surface area contributed by atoms with E-state index in [9.17, 15) is 22.8 Å². The molecule has 0 saturated carbocycles. The molecule has 1 aromatic rings. The van der Waals surface area contributed by atoms with E-state index in [1.54, 1.807) is 6.92 Å². The first kappa shape index (κ1) is 15.0. The van der Waals surface area contributed by atoms with Crippen molar-refractivity contribution >= 4 is 17.5 Å². The van der Waals surface area contributed by atoms with Gasteiger partial charge in [0.1, 0.15) is 0 Å². The highest BCUT2D eigenvalue weighted by molar-refractivity contribution is 5.94. The number of benzene rings is 1. The quantitative estimate of drug-likeness (QED) is 0.806. The van der Waals surface area contributed by atoms with Crippen LogP contribution in [0.15, 0.2) is 12.1 Å². The van der Waals surface area contributed by atoms with E-state index in [0.717, 1.165) is 6.07 Å². The summed E-state index contributed by atoms with van der Waals surface area (Å²) in [7, 11) is 0. The first-order chi connectivity index (χ1) is 8.95. The monoisotopic (exact) mass is 274 g/mol. The first-order valence-corrected chi connectivity index (χ1v) is 5.65. The minimum absolute atomic E-state index is 0.271. The Labute approximate surface area is 108 Å². The lowest BCUT2D eigenvalue weighted by Crippen LogP contribution is -2.32. The molecule has 0 aliphatic carbocycles. The molecule has 0 unspecified atom stereocenters. The molecule has 2 amide bonds. The van der Waals surface area contributed by atoms with Crippen molar-refractivity contribution in [2.45, 2.75) is 19.8 Å². The third-order valence-electron chi connectivity index (χ3n) is 2.23. The number of hydrogen-bond acceptors (Lipinski definition) is 2. The van der Waals surface area contributed by atoms with Crippen molar-refractivity contribution in [1.82, 2.24) is 5.32 Å². The second kappa shape index (κ2) is 6.77. The van der Waals surface area contributed by atoms with Crippen molar-refractivity contribution in [1.29, 1.82) is 0 Å². The van der Waals surface area contributed by atoms with E-state index in [0.29, 0.717) is 12.5 Å². The molecule has 0 spiro atoms. The Hall–Kier alpha value is -2.05. The Balaban J connectivity index is 2.58. The van der Waals surface area contributed by atoms with Crippen LogP contribution in [-0.2, 0) is 9.59 Å². The minimum atomic E-state index is -1.66. The number of carbonyl (C=O) groups excluding carboxylic acids is 2. The SMILES string of the molecule is CCCC(=O)NCC(=O)Nc1ccc(F)c(F)c1F. The summed E-state index contributed by atoms with van der Waals surface area (Å²) in [6, 6.07) is 1.60. The van der Waals surface area contributed by atoms with Gasteiger partial charge in [0.25, 0.3) is 0 Å². The summed E-state index contributed by atoms with van der Waals surface area (Å²) in [5, 5.41) is 4.35. The molecular weight excluding hydrogens is 261 g/mol. The summed E-state index contributed by atoms with van der Waals surface area (Å²) in [6.45, 7) is 1.44. The van der Waals surface area contributed by atoms with Crippen molar-refractivity contribution in [3.05, 3.63) is 29.6 Å². The topological polar surface area (TPSA) is 58.2 Å². The first-order valence-electron chi connectivity index (χ1n) is 5.65. The molecule has 1 aromatic carbocycles. The van der Waals surface area contributed by atoms with Crippen LogP contribution in [0.5, 0.6) is 0 Å². The van der Waals surface area contributed by atoms with Crippen LogP contribution < -0.4 is 10.6 Å². The molecule has 4 nitrogen and oxygen atoms in total. The molecular formula is C12H13F3N2O2. The molecule has 0 aromatic heterocycles. The molecule has 2 N–H and O–H groups in total. The van der Waals surface area contributed by atoms with Gasteiger partial charge in [0.15, 0.2) is 17.5 Å². The zero-order valence-corrected chi connectivity index (χ0v) is 10.2. The molecule has 0 atom stereocenters. The second-order valence-corrected chi connectivity index (χ2v) is 3.80. The fourth-order valence-electron chi connectivity index (χ4n) is 1.31. The predicted molar refractivity (Wildman–Crippen MR) is 62.9 cm³/mol. The number of nitrogens with one attached hydrogen (secondary N) is 2. The maximum atomic E-state index is 13.2. The van der Waals surface area contributed by atoms with Gasteiger partial charge in [-0.3, -0.25) is 9.59 Å². The van der Waals surface area contributed by atoms with Gasteiger partial charge >= 0.3 is 0 Å². The van der Waals surface area contributed by atoms with E-state index < -0.39 is 29.0 Å². The largest absolute Gasteiger partial charge is 0.347 e. The van der Waals surface area contributed by atoms with Gasteiger partial charge in [0.05, 0.1) is 12.2 Å². The number of hydrogen-bond donors (Lipinski definition) is 2. The van der Waals surface area contributed by atoms with Crippen molar-refractivity contribution in [3.63, 3.8) is 0 Å². The van der Waals surface area contributed by atoms with Crippen LogP contribution in [0.2, 0.25) is 0 Å². The van der Waals surface area contributed by atoms with Crippen LogP contribution in [-0.4, -0.2) is 18.4 Å². The number of anilines is 1. The van der Waals surface area contributed by atoms with Gasteiger partial charge in [0, 0.05) is 6.42 Å². The number of rotatable bonds is 5. The Kier molecular flexibility index (Phi) is 5.35. The number of amides is 2. The van der Waals surface area contributed by atoms with E-state index in [4.69, 9.17) is 0 Å². The summed E-state index contributed by atoms with van der Waals surface area (Å²) in [5.41, 5.74) is -0.478. The predicted octanol–water partition coefficient (Wildman–Crippen LogP) is 1.96. The molecule has 19 heavy (non-hydrogen) atoms. The van der Waals surface area contributed by atoms with Crippen LogP contribution in [0.25, 0.3) is 0 Å². The van der Waals surface area contributed by atoms with Gasteiger partial charge in [-0.25, -0.2) is 13.2 Å². The summed E-state index contributed by atoms with van der Waals surface area (Å²) in [6.07, 6.45) is 0.901. The zero-order chi connectivity index (χ0) is 14.4. The lowest BCUT2D eigenvalue weighted by atomic mass is 10.2. The van der Waals surface area contributed by atoms with Crippen LogP contribution in [0.1, 0.15) is 19.8 Å². The van der Waals surface area contributed by atoms with Crippen molar-refractivity contribution in [2.75, 3.05) is 11.9 Å². The van der Waals surface area contributed by atoms with Crippen LogP contribution in [0.3, 0.4) is 0 Å². The minimum Gasteiger partial charge on any atom is -0.347 e. The summed E-state index contributed by atoms with van der Waals surface area (Å²) in [4.78, 5) is 22.5. The van der Waals surface area contributed by atoms with Crippen LogP contribution >= 0.6 is 0 Å². The second-order valence-electron chi connectivity index (χ2n) is 3.80. The van der Waals surface area contributed by atoms with Gasteiger partial charge < -0.3 is 10.6 Å². The molecule has 0 aliphatic heterocycles. The highest BCUT2D eigenvalue weighted by atomic mass is 19.2. The van der Waals surface area contributed by atoms with Gasteiger partial charge in [0.2, 0.25) is 11.8 Å². The smallest absolute Gasteiger partial charge is 0.243 e. The molecule has 0 radical (unpaired) electrons. The Morgan fingerprint density at radius 1 is 1.11 bits per heavy atom. The average molecular weight is 274 g/mol. The van der Waals surface area contributed by atoms with Crippen LogP contribution in [0, 0.1) is 17.5 Å². The van der Waals surface area contributed by atoms with Gasteiger partial charge in [-0.15, -0.1) is 0 Å². The standard InChI is InChI=1S/C12H13F3N2O2/c1-2-3-9(18)16-6-10(19)17-8-5-4-7(13)11(14)12(8)15/h4-5H,2-3,6H2,1H3,(H,16,18)(H,17,19). The molecule has 0 heterocycles. The third kappa shape index (κ3) is 4.27. The molecule has 0 aliphatic rings. The molecule has 1 rings (SSSR count). The van der Waals surface area contributed by atoms with Gasteiger partial charge in [-0.05, 0) is 18.6 Å². The molecule has 0 fully saturated rings. The average Bonchev–Trinajstić information content (AvgIpc) is 2.37. The number of carbonyl (C=O) groups is 2. The lowest BCUT2D eigenvalue weighted by Gasteiger charge is -2.08. The summed E-state index contributed by atoms with van der Waals surface area (Å²) < 4.78 is 38.8. The van der Waals surface area contributed by atoms with Crippen molar-refractivity contribution < 1.29 is 22.8 Å². The Bertz CT molecular complexity index is 492.